The summed E-state index contributed by atoms with van der Waals surface area (Å²) in [7, 11) is -3.77. The van der Waals surface area contributed by atoms with Gasteiger partial charge < -0.3 is 9.50 Å². The molecule has 1 aliphatic rings. The molecule has 0 saturated carbocycles. The fourth-order valence-corrected chi connectivity index (χ4v) is 3.13. The number of benzene rings is 2. The molecule has 0 atom stereocenters. The summed E-state index contributed by atoms with van der Waals surface area (Å²) in [6.45, 7) is 3.86. The molecule has 0 aliphatic carbocycles. The highest BCUT2D eigenvalue weighted by Crippen LogP contribution is 2.24. The first-order valence-electron chi connectivity index (χ1n) is 6.86. The van der Waals surface area contributed by atoms with Crippen molar-refractivity contribution in [1.82, 2.24) is 5.32 Å². The Morgan fingerprint density at radius 2 is 1.62 bits per heavy atom. The van der Waals surface area contributed by atoms with Gasteiger partial charge in [0, 0.05) is 19.0 Å². The lowest BCUT2D eigenvalue weighted by Crippen LogP contribution is -2.39. The standard InChI is InChI=1S/C16H17NO3S/c1-12-2-8-16(9-3-12)21(18,19)20-15-6-4-13(5-7-15)14-10-17-11-14/h2-9,14,17H,10-11H2,1H3. The Labute approximate surface area is 124 Å². The second-order valence-corrected chi connectivity index (χ2v) is 6.82. The zero-order valence-corrected chi connectivity index (χ0v) is 12.6. The van der Waals surface area contributed by atoms with E-state index in [1.165, 1.54) is 5.56 Å². The van der Waals surface area contributed by atoms with Crippen molar-refractivity contribution < 1.29 is 12.6 Å². The van der Waals surface area contributed by atoms with Gasteiger partial charge in [0.25, 0.3) is 0 Å². The Morgan fingerprint density at radius 1 is 1.00 bits per heavy atom. The molecular formula is C16H17NO3S. The van der Waals surface area contributed by atoms with Crippen LogP contribution < -0.4 is 9.50 Å². The molecule has 1 fully saturated rings. The zero-order valence-electron chi connectivity index (χ0n) is 11.7. The van der Waals surface area contributed by atoms with Gasteiger partial charge in [0.1, 0.15) is 10.6 Å². The molecule has 1 N–H and O–H groups in total. The van der Waals surface area contributed by atoms with Crippen LogP contribution in [0.3, 0.4) is 0 Å². The smallest absolute Gasteiger partial charge is 0.339 e. The fourth-order valence-electron chi connectivity index (χ4n) is 2.20. The van der Waals surface area contributed by atoms with Gasteiger partial charge in [-0.25, -0.2) is 0 Å². The highest BCUT2D eigenvalue weighted by Gasteiger charge is 2.20. The number of hydrogen-bond acceptors (Lipinski definition) is 4. The maximum atomic E-state index is 12.2. The van der Waals surface area contributed by atoms with Crippen LogP contribution in [0.15, 0.2) is 53.4 Å². The first-order chi connectivity index (χ1) is 10.0. The normalized spacial score (nSPS) is 15.5. The molecule has 1 aliphatic heterocycles. The second-order valence-electron chi connectivity index (χ2n) is 5.27. The molecule has 0 spiro atoms. The SMILES string of the molecule is Cc1ccc(S(=O)(=O)Oc2ccc(C3CNC3)cc2)cc1. The third kappa shape index (κ3) is 3.09. The van der Waals surface area contributed by atoms with Crippen LogP contribution in [0, 0.1) is 6.92 Å². The molecule has 0 unspecified atom stereocenters. The van der Waals surface area contributed by atoms with Crippen LogP contribution >= 0.6 is 0 Å². The highest BCUT2D eigenvalue weighted by atomic mass is 32.2. The Bertz CT molecular complexity index is 717. The maximum Gasteiger partial charge on any atom is 0.339 e. The summed E-state index contributed by atoms with van der Waals surface area (Å²) >= 11 is 0. The molecule has 4 nitrogen and oxygen atoms in total. The van der Waals surface area contributed by atoms with E-state index in [0.29, 0.717) is 11.7 Å². The molecule has 5 heteroatoms. The molecule has 0 amide bonds. The average Bonchev–Trinajstić information content (AvgIpc) is 2.39. The van der Waals surface area contributed by atoms with Crippen molar-refractivity contribution in [2.45, 2.75) is 17.7 Å². The Morgan fingerprint density at radius 3 is 2.14 bits per heavy atom. The van der Waals surface area contributed by atoms with Crippen molar-refractivity contribution >= 4 is 10.1 Å². The van der Waals surface area contributed by atoms with E-state index in [1.807, 2.05) is 19.1 Å². The van der Waals surface area contributed by atoms with E-state index in [2.05, 4.69) is 5.32 Å². The molecular weight excluding hydrogens is 286 g/mol. The summed E-state index contributed by atoms with van der Waals surface area (Å²) in [4.78, 5) is 0.167. The van der Waals surface area contributed by atoms with Crippen LogP contribution in [0.25, 0.3) is 0 Å². The minimum Gasteiger partial charge on any atom is -0.379 e. The lowest BCUT2D eigenvalue weighted by Gasteiger charge is -2.27. The number of aryl methyl sites for hydroxylation is 1. The van der Waals surface area contributed by atoms with Crippen molar-refractivity contribution in [3.63, 3.8) is 0 Å². The molecule has 21 heavy (non-hydrogen) atoms. The van der Waals surface area contributed by atoms with E-state index >= 15 is 0 Å². The van der Waals surface area contributed by atoms with Crippen LogP contribution in [0.1, 0.15) is 17.0 Å². The van der Waals surface area contributed by atoms with Gasteiger partial charge in [-0.2, -0.15) is 8.42 Å². The molecule has 1 heterocycles. The molecule has 1 saturated heterocycles. The first-order valence-corrected chi connectivity index (χ1v) is 8.27. The van der Waals surface area contributed by atoms with Gasteiger partial charge in [0.15, 0.2) is 0 Å². The largest absolute Gasteiger partial charge is 0.379 e. The van der Waals surface area contributed by atoms with Gasteiger partial charge in [-0.1, -0.05) is 29.8 Å². The molecule has 0 aromatic heterocycles. The van der Waals surface area contributed by atoms with E-state index in [-0.39, 0.29) is 4.90 Å². The Hall–Kier alpha value is -1.85. The summed E-state index contributed by atoms with van der Waals surface area (Å²) in [5.74, 6) is 0.861. The minimum absolute atomic E-state index is 0.167. The Kier molecular flexibility index (Phi) is 3.69. The van der Waals surface area contributed by atoms with E-state index in [9.17, 15) is 8.42 Å². The summed E-state index contributed by atoms with van der Waals surface area (Å²) in [5.41, 5.74) is 2.21. The van der Waals surface area contributed by atoms with Gasteiger partial charge in [0.2, 0.25) is 0 Å². The van der Waals surface area contributed by atoms with Gasteiger partial charge in [-0.05, 0) is 36.8 Å². The third-order valence-corrected chi connectivity index (χ3v) is 4.91. The molecule has 2 aromatic rings. The molecule has 0 bridgehead atoms. The van der Waals surface area contributed by atoms with E-state index in [1.54, 1.807) is 36.4 Å². The highest BCUT2D eigenvalue weighted by molar-refractivity contribution is 7.87. The topological polar surface area (TPSA) is 55.4 Å². The number of rotatable bonds is 4. The average molecular weight is 303 g/mol. The summed E-state index contributed by atoms with van der Waals surface area (Å²) in [5, 5.41) is 3.21. The lowest BCUT2D eigenvalue weighted by molar-refractivity contribution is 0.447. The van der Waals surface area contributed by atoms with Gasteiger partial charge in [-0.15, -0.1) is 0 Å². The molecule has 110 valence electrons. The van der Waals surface area contributed by atoms with E-state index in [0.717, 1.165) is 18.7 Å². The predicted octanol–water partition coefficient (Wildman–Crippen LogP) is 2.45. The van der Waals surface area contributed by atoms with E-state index < -0.39 is 10.1 Å². The molecule has 3 rings (SSSR count). The van der Waals surface area contributed by atoms with Crippen LogP contribution in [0.5, 0.6) is 5.75 Å². The number of nitrogens with one attached hydrogen (secondary N) is 1. The van der Waals surface area contributed by atoms with Crippen molar-refractivity contribution in [1.29, 1.82) is 0 Å². The van der Waals surface area contributed by atoms with Gasteiger partial charge >= 0.3 is 10.1 Å². The maximum absolute atomic E-state index is 12.2. The van der Waals surface area contributed by atoms with Crippen LogP contribution in [0.4, 0.5) is 0 Å². The second kappa shape index (κ2) is 5.50. The van der Waals surface area contributed by atoms with Gasteiger partial charge in [0.05, 0.1) is 0 Å². The summed E-state index contributed by atoms with van der Waals surface area (Å²) < 4.78 is 29.5. The van der Waals surface area contributed by atoms with Crippen LogP contribution in [-0.2, 0) is 10.1 Å². The van der Waals surface area contributed by atoms with Crippen molar-refractivity contribution in [2.24, 2.45) is 0 Å². The molecule has 2 aromatic carbocycles. The minimum atomic E-state index is -3.77. The van der Waals surface area contributed by atoms with Crippen molar-refractivity contribution in [3.8, 4) is 5.75 Å². The molecule has 0 radical (unpaired) electrons. The van der Waals surface area contributed by atoms with E-state index in [4.69, 9.17) is 4.18 Å². The zero-order chi connectivity index (χ0) is 14.9. The fraction of sp³-hybridized carbons (Fsp3) is 0.250. The van der Waals surface area contributed by atoms with Gasteiger partial charge in [-0.3, -0.25) is 0 Å². The number of hydrogen-bond donors (Lipinski definition) is 1. The lowest BCUT2D eigenvalue weighted by atomic mass is 9.94. The van der Waals surface area contributed by atoms with Crippen molar-refractivity contribution in [2.75, 3.05) is 13.1 Å². The third-order valence-electron chi connectivity index (χ3n) is 3.65. The first kappa shape index (κ1) is 14.1. The van der Waals surface area contributed by atoms with Crippen LogP contribution in [-0.4, -0.2) is 21.5 Å². The summed E-state index contributed by atoms with van der Waals surface area (Å²) in [6.07, 6.45) is 0. The van der Waals surface area contributed by atoms with Crippen LogP contribution in [0.2, 0.25) is 0 Å². The Balaban J connectivity index is 1.77. The monoisotopic (exact) mass is 303 g/mol. The summed E-state index contributed by atoms with van der Waals surface area (Å²) in [6, 6.07) is 13.9. The quantitative estimate of drug-likeness (QED) is 0.882. The van der Waals surface area contributed by atoms with Crippen molar-refractivity contribution in [3.05, 3.63) is 59.7 Å². The predicted molar refractivity (Wildman–Crippen MR) is 81.0 cm³/mol.